The molecule has 0 unspecified atom stereocenters. The minimum atomic E-state index is -0.125. The first-order valence-corrected chi connectivity index (χ1v) is 40.6. The van der Waals surface area contributed by atoms with Crippen molar-refractivity contribution in [1.29, 1.82) is 0 Å². The van der Waals surface area contributed by atoms with E-state index in [0.717, 1.165) is 65.0 Å². The van der Waals surface area contributed by atoms with Gasteiger partial charge in [-0.25, -0.2) is 0 Å². The first-order chi connectivity index (χ1) is 53.8. The summed E-state index contributed by atoms with van der Waals surface area (Å²) < 4.78 is 0. The van der Waals surface area contributed by atoms with Crippen LogP contribution in [0.4, 0.5) is 0 Å². The summed E-state index contributed by atoms with van der Waals surface area (Å²) in [6.07, 6.45) is 3.50. The molecule has 3 N–H and O–H groups in total. The second-order valence-corrected chi connectivity index (χ2v) is 35.0. The van der Waals surface area contributed by atoms with E-state index < -0.39 is 0 Å². The molecule has 0 amide bonds. The molecule has 3 radical (unpaired) electrons. The average Bonchev–Trinajstić information content (AvgIpc) is 1.63. The molecule has 14 rings (SSSR count). The number of ketones is 3. The average molecular weight is 2140 g/mol. The van der Waals surface area contributed by atoms with Crippen molar-refractivity contribution >= 4 is 82.0 Å². The summed E-state index contributed by atoms with van der Waals surface area (Å²) in [5, 5.41) is 28.7. The van der Waals surface area contributed by atoms with Crippen LogP contribution in [0.1, 0.15) is 154 Å². The largest absolute Gasteiger partial charge is 0.512 e. The van der Waals surface area contributed by atoms with E-state index in [9.17, 15) is 14.4 Å². The van der Waals surface area contributed by atoms with Gasteiger partial charge in [0.1, 0.15) is 14.5 Å². The van der Waals surface area contributed by atoms with Gasteiger partial charge < -0.3 is 15.3 Å². The molecule has 0 fully saturated rings. The maximum Gasteiger partial charge on any atom is 0.155 e. The zero-order valence-electron chi connectivity index (χ0n) is 70.6. The van der Waals surface area contributed by atoms with E-state index in [1.165, 1.54) is 163 Å². The van der Waals surface area contributed by atoms with Crippen LogP contribution in [0.2, 0.25) is 0 Å². The second-order valence-electron chi connectivity index (χ2n) is 31.9. The number of aromatic nitrogens is 3. The number of aliphatic hydroxyl groups is 3. The number of nitrogens with zero attached hydrogens (tertiary/aromatic N) is 3. The summed E-state index contributed by atoms with van der Waals surface area (Å²) in [6.45, 7) is 41.7. The van der Waals surface area contributed by atoms with Crippen LogP contribution in [0, 0.1) is 59.7 Å². The Morgan fingerprint density at radius 3 is 1.05 bits per heavy atom. The normalized spacial score (nSPS) is 11.4. The topological polar surface area (TPSA) is 151 Å². The van der Waals surface area contributed by atoms with Crippen molar-refractivity contribution in [1.82, 2.24) is 15.0 Å². The molecule has 6 heterocycles. The van der Waals surface area contributed by atoms with E-state index in [4.69, 9.17) is 30.3 Å². The van der Waals surface area contributed by atoms with Gasteiger partial charge in [-0.1, -0.05) is 253 Å². The summed E-state index contributed by atoms with van der Waals surface area (Å²) in [5.41, 5.74) is 26.6. The molecule has 9 nitrogen and oxygen atoms in total. The molecule has 0 spiro atoms. The number of thiophene rings is 3. The van der Waals surface area contributed by atoms with E-state index in [0.29, 0.717) is 0 Å². The standard InChI is InChI=1S/C32H30NS.C30H26NS.C25H24NS.3C5H8O2.3Ir/c1-20-16-26(18-27(17-20)32(4,5)6)28-15-14-25-19-29(34-31(25)33-28)23-10-12-24(13-11-23)30-21(2)8-7-9-22(30)3;1-20-17-23(19-24(18-20)30(2,3)4)26-16-15-25-27(21-11-7-5-8-12-21)28(32-29(25)31-26)22-13-9-6-10-14-22;1-16-13-19(15-20(14-16)25(3,4)5)22-12-11-21-17(2)23(27-24(21)26-22)18-9-7-6-8-10-18;3*1-4(6)3-5(2)7;;;/h7-15,17-19H,1-6H3;5-16,18-19H,1-4H3;6-12,14-15H,1-5H3;3*3,6H,1-2H3;;;/q3*-1;;;;;;. The first kappa shape index (κ1) is 96.5. The molecule has 0 atom stereocenters. The molecule has 15 heteroatoms. The predicted octanol–water partition coefficient (Wildman–Crippen LogP) is 28.5. The molecule has 0 bridgehead atoms. The van der Waals surface area contributed by atoms with Crippen LogP contribution in [0.5, 0.6) is 0 Å². The molecule has 117 heavy (non-hydrogen) atoms. The van der Waals surface area contributed by atoms with Gasteiger partial charge in [0.25, 0.3) is 0 Å². The minimum absolute atomic E-state index is 0. The summed E-state index contributed by atoms with van der Waals surface area (Å²) in [7, 11) is 0. The third-order valence-electron chi connectivity index (χ3n) is 18.5. The van der Waals surface area contributed by atoms with Crippen molar-refractivity contribution in [3.8, 4) is 87.3 Å². The zero-order chi connectivity index (χ0) is 83.1. The van der Waals surface area contributed by atoms with Gasteiger partial charge in [-0.05, 0) is 152 Å². The summed E-state index contributed by atoms with van der Waals surface area (Å²) in [5.74, 6) is -0.187. The van der Waals surface area contributed by atoms with Crippen LogP contribution in [0.3, 0.4) is 0 Å². The van der Waals surface area contributed by atoms with Gasteiger partial charge in [-0.3, -0.25) is 29.3 Å². The molecule has 0 saturated heterocycles. The number of rotatable bonds is 11. The Labute approximate surface area is 745 Å². The van der Waals surface area contributed by atoms with Crippen LogP contribution in [-0.2, 0) is 90.9 Å². The zero-order valence-corrected chi connectivity index (χ0v) is 80.2. The quantitative estimate of drug-likeness (QED) is 0.0653. The fourth-order valence-electron chi connectivity index (χ4n) is 12.9. The first-order valence-electron chi connectivity index (χ1n) is 38.2. The molecule has 0 aliphatic carbocycles. The molecule has 0 aliphatic heterocycles. The van der Waals surface area contributed by atoms with Crippen molar-refractivity contribution < 1.29 is 90.0 Å². The molecule has 8 aromatic carbocycles. The van der Waals surface area contributed by atoms with Crippen molar-refractivity contribution in [3.05, 3.63) is 316 Å². The summed E-state index contributed by atoms with van der Waals surface area (Å²) in [4.78, 5) is 52.3. The van der Waals surface area contributed by atoms with Crippen LogP contribution >= 0.6 is 34.0 Å². The Hall–Kier alpha value is -9.33. The van der Waals surface area contributed by atoms with Crippen LogP contribution < -0.4 is 0 Å². The Morgan fingerprint density at radius 1 is 0.342 bits per heavy atom. The van der Waals surface area contributed by atoms with E-state index in [-0.39, 0.29) is 111 Å². The van der Waals surface area contributed by atoms with Gasteiger partial charge in [0.2, 0.25) is 0 Å². The van der Waals surface area contributed by atoms with Crippen molar-refractivity contribution in [2.24, 2.45) is 0 Å². The molecule has 0 aliphatic rings. The Bertz CT molecular complexity index is 5760. The summed E-state index contributed by atoms with van der Waals surface area (Å²) in [6, 6.07) is 86.5. The number of allylic oxidation sites excluding steroid dienone is 6. The van der Waals surface area contributed by atoms with Gasteiger partial charge in [-0.2, -0.15) is 0 Å². The van der Waals surface area contributed by atoms with E-state index >= 15 is 0 Å². The van der Waals surface area contributed by atoms with Crippen LogP contribution in [-0.4, -0.2) is 47.6 Å². The molecule has 14 aromatic rings. The number of aryl methyl sites for hydroxylation is 6. The smallest absolute Gasteiger partial charge is 0.155 e. The van der Waals surface area contributed by atoms with Crippen molar-refractivity contribution in [2.45, 2.75) is 162 Å². The van der Waals surface area contributed by atoms with E-state index in [1.54, 1.807) is 34.0 Å². The van der Waals surface area contributed by atoms with Gasteiger partial charge in [0.05, 0.1) is 17.3 Å². The van der Waals surface area contributed by atoms with Gasteiger partial charge >= 0.3 is 0 Å². The Kier molecular flexibility index (Phi) is 35.4. The number of hydrogen-bond acceptors (Lipinski definition) is 12. The van der Waals surface area contributed by atoms with Crippen molar-refractivity contribution in [2.75, 3.05) is 0 Å². The van der Waals surface area contributed by atoms with Crippen LogP contribution in [0.15, 0.2) is 248 Å². The summed E-state index contributed by atoms with van der Waals surface area (Å²) >= 11 is 5.30. The maximum absolute atomic E-state index is 10.0. The van der Waals surface area contributed by atoms with Gasteiger partial charge in [0, 0.05) is 115 Å². The Balaban J connectivity index is 0.000000240. The maximum atomic E-state index is 10.0. The third-order valence-corrected chi connectivity index (χ3v) is 22.0. The predicted molar refractivity (Wildman–Crippen MR) is 485 cm³/mol. The Morgan fingerprint density at radius 2 is 0.675 bits per heavy atom. The fraction of sp³-hybridized carbons (Fsp3) is 0.235. The molecular weight excluding hydrogens is 2040 g/mol. The number of aliphatic hydroxyl groups excluding tert-OH is 3. The van der Waals surface area contributed by atoms with E-state index in [2.05, 4.69) is 334 Å². The molecule has 611 valence electrons. The number of hydrogen-bond donors (Lipinski definition) is 3. The number of pyridine rings is 3. The minimum Gasteiger partial charge on any atom is -0.512 e. The van der Waals surface area contributed by atoms with Crippen LogP contribution in [0.25, 0.3) is 118 Å². The number of benzene rings is 8. The molecule has 0 saturated carbocycles. The van der Waals surface area contributed by atoms with Gasteiger partial charge in [-0.15, -0.1) is 139 Å². The van der Waals surface area contributed by atoms with Crippen molar-refractivity contribution in [3.63, 3.8) is 0 Å². The molecular formula is C102H104Ir3N3O6S3-3. The number of fused-ring (bicyclic) bond motifs is 3. The molecule has 6 aromatic heterocycles. The monoisotopic (exact) mass is 2140 g/mol. The number of carbonyl (C=O) groups is 3. The number of carbonyl (C=O) groups excluding carboxylic acids is 3. The fourth-order valence-corrected chi connectivity index (χ4v) is 16.4. The van der Waals surface area contributed by atoms with Gasteiger partial charge in [0.15, 0.2) is 17.3 Å². The third kappa shape index (κ3) is 27.1. The second kappa shape index (κ2) is 42.9. The van der Waals surface area contributed by atoms with E-state index in [1.807, 2.05) is 0 Å². The SMILES string of the molecule is CC(=O)C=C(C)O.CC(=O)C=C(C)O.CC(=O)C=C(C)O.Cc1[c-]c(-c2ccc3c(-c4ccccc4)c(-c4ccccc4)sc3n2)cc(C(C)(C)C)c1.Cc1[c-]c(-c2ccc3c(C)c(-c4ccccc4)sc3n2)cc(C(C)(C)C)c1.Cc1[c-]c(-c2ccc3cc(-c4ccc(-c5c(C)cccc5C)cc4)sc3n2)cc(C(C)(C)C)c1.[Ir].[Ir].[Ir].